The molecule has 1 atom stereocenters. The zero-order chi connectivity index (χ0) is 22.9. The van der Waals surface area contributed by atoms with Gasteiger partial charge in [0.05, 0.1) is 17.6 Å². The zero-order valence-electron chi connectivity index (χ0n) is 17.6. The van der Waals surface area contributed by atoms with Gasteiger partial charge in [-0.05, 0) is 54.6 Å². The first-order valence-corrected chi connectivity index (χ1v) is 12.5. The first-order valence-electron chi connectivity index (χ1n) is 10.3. The minimum atomic E-state index is -0.390. The van der Waals surface area contributed by atoms with Crippen LogP contribution in [0.1, 0.15) is 17.0 Å². The fourth-order valence-electron chi connectivity index (χ4n) is 3.77. The van der Waals surface area contributed by atoms with Crippen molar-refractivity contribution in [3.8, 4) is 17.2 Å². The van der Waals surface area contributed by atoms with Gasteiger partial charge in [-0.25, -0.2) is 4.98 Å². The smallest absolute Gasteiger partial charge is 0.286 e. The van der Waals surface area contributed by atoms with E-state index in [4.69, 9.17) is 20.8 Å². The SMILES string of the molecule is Cc1oc(-c2cccc(Cl)c2)nc1CCOc1ccc(CC2SC(=O)NC2=O)c2sccc12. The molecule has 2 aromatic carbocycles. The summed E-state index contributed by atoms with van der Waals surface area (Å²) in [7, 11) is 0. The van der Waals surface area contributed by atoms with Gasteiger partial charge in [0, 0.05) is 27.1 Å². The molecule has 1 aliphatic rings. The van der Waals surface area contributed by atoms with E-state index in [9.17, 15) is 9.59 Å². The lowest BCUT2D eigenvalue weighted by Gasteiger charge is -2.11. The molecular formula is C24H19ClN2O4S2. The highest BCUT2D eigenvalue weighted by Gasteiger charge is 2.32. The molecule has 33 heavy (non-hydrogen) atoms. The number of thiophene rings is 1. The number of halogens is 1. The Morgan fingerprint density at radius 2 is 2.09 bits per heavy atom. The molecule has 0 radical (unpaired) electrons. The van der Waals surface area contributed by atoms with Gasteiger partial charge in [0.25, 0.3) is 5.24 Å². The summed E-state index contributed by atoms with van der Waals surface area (Å²) >= 11 is 8.73. The molecule has 1 fully saturated rings. The number of imide groups is 1. The highest BCUT2D eigenvalue weighted by molar-refractivity contribution is 8.15. The molecule has 1 saturated heterocycles. The molecule has 0 bridgehead atoms. The molecule has 2 amide bonds. The lowest BCUT2D eigenvalue weighted by Crippen LogP contribution is -2.25. The Kier molecular flexibility index (Phi) is 6.14. The number of hydrogen-bond acceptors (Lipinski definition) is 7. The molecule has 1 aliphatic heterocycles. The van der Waals surface area contributed by atoms with Crippen molar-refractivity contribution in [1.82, 2.24) is 10.3 Å². The van der Waals surface area contributed by atoms with E-state index in [1.54, 1.807) is 11.3 Å². The Balaban J connectivity index is 1.28. The summed E-state index contributed by atoms with van der Waals surface area (Å²) in [6, 6.07) is 13.3. The molecular weight excluding hydrogens is 480 g/mol. The van der Waals surface area contributed by atoms with Crippen molar-refractivity contribution in [3.05, 3.63) is 69.9 Å². The Morgan fingerprint density at radius 3 is 2.88 bits per heavy atom. The molecule has 4 aromatic rings. The topological polar surface area (TPSA) is 81.4 Å². The number of rotatable bonds is 7. The van der Waals surface area contributed by atoms with E-state index in [1.165, 1.54) is 0 Å². The molecule has 5 rings (SSSR count). The van der Waals surface area contributed by atoms with E-state index in [1.807, 2.05) is 54.8 Å². The van der Waals surface area contributed by atoms with Gasteiger partial charge in [-0.1, -0.05) is 35.5 Å². The number of fused-ring (bicyclic) bond motifs is 1. The van der Waals surface area contributed by atoms with Crippen LogP contribution in [-0.2, 0) is 17.6 Å². The van der Waals surface area contributed by atoms with Gasteiger partial charge in [-0.2, -0.15) is 0 Å². The van der Waals surface area contributed by atoms with Crippen molar-refractivity contribution >= 4 is 55.9 Å². The third-order valence-corrected chi connectivity index (χ3v) is 7.60. The average Bonchev–Trinajstić information content (AvgIpc) is 3.49. The first-order chi connectivity index (χ1) is 16.0. The summed E-state index contributed by atoms with van der Waals surface area (Å²) in [4.78, 5) is 28.0. The summed E-state index contributed by atoms with van der Waals surface area (Å²) in [5.41, 5.74) is 2.72. The minimum Gasteiger partial charge on any atom is -0.493 e. The predicted octanol–water partition coefficient (Wildman–Crippen LogP) is 6.03. The van der Waals surface area contributed by atoms with E-state index in [-0.39, 0.29) is 11.1 Å². The van der Waals surface area contributed by atoms with Crippen molar-refractivity contribution in [2.45, 2.75) is 25.0 Å². The number of nitrogens with one attached hydrogen (secondary N) is 1. The quantitative estimate of drug-likeness (QED) is 0.335. The normalized spacial score (nSPS) is 15.9. The van der Waals surface area contributed by atoms with Gasteiger partial charge in [0.1, 0.15) is 11.5 Å². The molecule has 2 aromatic heterocycles. The van der Waals surface area contributed by atoms with Crippen LogP contribution in [0.25, 0.3) is 21.5 Å². The number of aromatic nitrogens is 1. The summed E-state index contributed by atoms with van der Waals surface area (Å²) in [5.74, 6) is 1.86. The lowest BCUT2D eigenvalue weighted by atomic mass is 10.1. The zero-order valence-corrected chi connectivity index (χ0v) is 20.0. The molecule has 9 heteroatoms. The van der Waals surface area contributed by atoms with Crippen molar-refractivity contribution < 1.29 is 18.7 Å². The fourth-order valence-corrected chi connectivity index (χ4v) is 5.75. The van der Waals surface area contributed by atoms with E-state index in [2.05, 4.69) is 10.3 Å². The molecule has 0 spiro atoms. The summed E-state index contributed by atoms with van der Waals surface area (Å²) in [6.07, 6.45) is 1.11. The monoisotopic (exact) mass is 498 g/mol. The van der Waals surface area contributed by atoms with Crippen LogP contribution in [0.2, 0.25) is 5.02 Å². The molecule has 3 heterocycles. The van der Waals surface area contributed by atoms with Crippen LogP contribution in [0, 0.1) is 6.92 Å². The van der Waals surface area contributed by atoms with Crippen LogP contribution in [0.4, 0.5) is 4.79 Å². The van der Waals surface area contributed by atoms with Crippen LogP contribution in [0.5, 0.6) is 5.75 Å². The second kappa shape index (κ2) is 9.21. The van der Waals surface area contributed by atoms with E-state index >= 15 is 0 Å². The highest BCUT2D eigenvalue weighted by Crippen LogP contribution is 2.35. The third-order valence-electron chi connectivity index (χ3n) is 5.39. The second-order valence-electron chi connectivity index (χ2n) is 7.60. The van der Waals surface area contributed by atoms with Gasteiger partial charge in [0.2, 0.25) is 11.8 Å². The van der Waals surface area contributed by atoms with Crippen molar-refractivity contribution in [2.24, 2.45) is 0 Å². The number of nitrogens with zero attached hydrogens (tertiary/aromatic N) is 1. The standard InChI is InChI=1S/C24H19ClN2O4S2/c1-13-18(26-23(31-13)15-3-2-4-16(25)11-15)7-9-30-19-6-5-14(21-17(19)8-10-32-21)12-20-22(28)27-24(29)33-20/h2-6,8,10-11,20H,7,9,12H2,1H3,(H,27,28,29). The van der Waals surface area contributed by atoms with Crippen LogP contribution in [0.3, 0.4) is 0 Å². The average molecular weight is 499 g/mol. The molecule has 0 saturated carbocycles. The van der Waals surface area contributed by atoms with Crippen LogP contribution in [-0.4, -0.2) is 28.0 Å². The van der Waals surface area contributed by atoms with Crippen molar-refractivity contribution in [2.75, 3.05) is 6.61 Å². The van der Waals surface area contributed by atoms with Gasteiger partial charge in [-0.3, -0.25) is 14.9 Å². The largest absolute Gasteiger partial charge is 0.493 e. The van der Waals surface area contributed by atoms with Crippen molar-refractivity contribution in [1.29, 1.82) is 0 Å². The maximum absolute atomic E-state index is 11.9. The third kappa shape index (κ3) is 4.64. The number of carbonyl (C=O) groups is 2. The summed E-state index contributed by atoms with van der Waals surface area (Å²) in [5, 5.41) is 5.32. The lowest BCUT2D eigenvalue weighted by molar-refractivity contribution is -0.118. The number of carbonyl (C=O) groups excluding carboxylic acids is 2. The Morgan fingerprint density at radius 1 is 1.21 bits per heavy atom. The molecule has 0 aliphatic carbocycles. The second-order valence-corrected chi connectivity index (χ2v) is 10.1. The highest BCUT2D eigenvalue weighted by atomic mass is 35.5. The maximum Gasteiger partial charge on any atom is 0.286 e. The van der Waals surface area contributed by atoms with Gasteiger partial charge >= 0.3 is 0 Å². The summed E-state index contributed by atoms with van der Waals surface area (Å²) in [6.45, 7) is 2.34. The number of benzene rings is 2. The molecule has 168 valence electrons. The first kappa shape index (κ1) is 22.0. The van der Waals surface area contributed by atoms with Crippen LogP contribution in [0.15, 0.2) is 52.3 Å². The fraction of sp³-hybridized carbons (Fsp3) is 0.208. The maximum atomic E-state index is 11.9. The Bertz CT molecular complexity index is 1360. The van der Waals surface area contributed by atoms with E-state index in [0.717, 1.165) is 50.2 Å². The minimum absolute atomic E-state index is 0.227. The molecule has 6 nitrogen and oxygen atoms in total. The molecule has 1 unspecified atom stereocenters. The van der Waals surface area contributed by atoms with Crippen LogP contribution < -0.4 is 10.1 Å². The number of amides is 2. The van der Waals surface area contributed by atoms with Gasteiger partial charge < -0.3 is 9.15 Å². The van der Waals surface area contributed by atoms with Gasteiger partial charge in [0.15, 0.2) is 0 Å². The number of oxazole rings is 1. The van der Waals surface area contributed by atoms with Crippen LogP contribution >= 0.6 is 34.7 Å². The van der Waals surface area contributed by atoms with Crippen molar-refractivity contribution in [3.63, 3.8) is 0 Å². The Hall–Kier alpha value is -2.81. The number of thioether (sulfide) groups is 1. The number of hydrogen-bond donors (Lipinski definition) is 1. The summed E-state index contributed by atoms with van der Waals surface area (Å²) < 4.78 is 13.0. The number of ether oxygens (including phenoxy) is 1. The van der Waals surface area contributed by atoms with E-state index < -0.39 is 5.25 Å². The Labute approximate surface area is 203 Å². The van der Waals surface area contributed by atoms with E-state index in [0.29, 0.717) is 30.4 Å². The molecule has 1 N–H and O–H groups in total. The number of aryl methyl sites for hydroxylation is 1. The van der Waals surface area contributed by atoms with Gasteiger partial charge in [-0.15, -0.1) is 11.3 Å². The predicted molar refractivity (Wildman–Crippen MR) is 131 cm³/mol.